The van der Waals surface area contributed by atoms with Crippen molar-refractivity contribution in [1.82, 2.24) is 19.8 Å². The van der Waals surface area contributed by atoms with Crippen LogP contribution in [0.25, 0.3) is 0 Å². The first-order valence-corrected chi connectivity index (χ1v) is 11.2. The van der Waals surface area contributed by atoms with Crippen LogP contribution in [0.15, 0.2) is 22.3 Å². The molecule has 0 radical (unpaired) electrons. The molecule has 7 heteroatoms. The van der Waals surface area contributed by atoms with Crippen LogP contribution >= 0.6 is 11.3 Å². The van der Waals surface area contributed by atoms with Crippen molar-refractivity contribution in [2.45, 2.75) is 58.0 Å². The standard InChI is InChI=1S/C21H28N4O2S/c1-2-5-19(26)25-10-8-18-17(14-25)21(27)23-20(22-18)15-6-3-9-24(12-15)13-16-7-4-11-28-16/h4,7,11,15H,2-3,5-6,8-10,12-14H2,1H3,(H,22,23,27). The molecule has 2 aliphatic heterocycles. The molecule has 2 aliphatic rings. The van der Waals surface area contributed by atoms with Crippen LogP contribution in [-0.4, -0.2) is 45.3 Å². The molecule has 1 unspecified atom stereocenters. The molecule has 0 spiro atoms. The van der Waals surface area contributed by atoms with Gasteiger partial charge in [0.1, 0.15) is 5.82 Å². The second-order valence-corrected chi connectivity index (χ2v) is 8.88. The first-order chi connectivity index (χ1) is 13.6. The fourth-order valence-electron chi connectivity index (χ4n) is 4.27. The summed E-state index contributed by atoms with van der Waals surface area (Å²) >= 11 is 1.79. The quantitative estimate of drug-likeness (QED) is 0.838. The molecule has 2 aromatic heterocycles. The zero-order valence-electron chi connectivity index (χ0n) is 16.4. The van der Waals surface area contributed by atoms with Gasteiger partial charge in [-0.25, -0.2) is 4.98 Å². The van der Waals surface area contributed by atoms with E-state index in [0.717, 1.165) is 50.4 Å². The number of nitrogens with zero attached hydrogens (tertiary/aromatic N) is 3. The number of aromatic amines is 1. The van der Waals surface area contributed by atoms with E-state index in [-0.39, 0.29) is 17.4 Å². The number of hydrogen-bond acceptors (Lipinski definition) is 5. The van der Waals surface area contributed by atoms with Crippen LogP contribution in [0.3, 0.4) is 0 Å². The number of piperidine rings is 1. The van der Waals surface area contributed by atoms with Gasteiger partial charge in [0, 0.05) is 43.3 Å². The van der Waals surface area contributed by atoms with Crippen molar-refractivity contribution >= 4 is 17.2 Å². The third-order valence-corrected chi connectivity index (χ3v) is 6.62. The summed E-state index contributed by atoms with van der Waals surface area (Å²) < 4.78 is 0. The largest absolute Gasteiger partial charge is 0.338 e. The summed E-state index contributed by atoms with van der Waals surface area (Å²) in [6, 6.07) is 4.28. The lowest BCUT2D eigenvalue weighted by Crippen LogP contribution is -2.40. The number of aromatic nitrogens is 2. The first kappa shape index (κ1) is 19.3. The summed E-state index contributed by atoms with van der Waals surface area (Å²) in [4.78, 5) is 38.5. The molecule has 0 aliphatic carbocycles. The maximum atomic E-state index is 12.7. The highest BCUT2D eigenvalue weighted by molar-refractivity contribution is 7.09. The molecule has 0 bridgehead atoms. The molecule has 1 amide bonds. The van der Waals surface area contributed by atoms with E-state index in [0.29, 0.717) is 31.5 Å². The minimum Gasteiger partial charge on any atom is -0.338 e. The summed E-state index contributed by atoms with van der Waals surface area (Å²) in [6.45, 7) is 6.06. The van der Waals surface area contributed by atoms with Crippen LogP contribution in [-0.2, 0) is 24.3 Å². The van der Waals surface area contributed by atoms with E-state index in [2.05, 4.69) is 27.4 Å². The number of likely N-dealkylation sites (tertiary alicyclic amines) is 1. The second-order valence-electron chi connectivity index (χ2n) is 7.85. The van der Waals surface area contributed by atoms with Gasteiger partial charge in [-0.3, -0.25) is 14.5 Å². The Morgan fingerprint density at radius 2 is 2.29 bits per heavy atom. The van der Waals surface area contributed by atoms with Crippen LogP contribution < -0.4 is 5.56 Å². The molecule has 1 fully saturated rings. The minimum atomic E-state index is -0.0654. The van der Waals surface area contributed by atoms with Gasteiger partial charge in [-0.2, -0.15) is 0 Å². The van der Waals surface area contributed by atoms with Crippen molar-refractivity contribution in [3.63, 3.8) is 0 Å². The number of amides is 1. The summed E-state index contributed by atoms with van der Waals surface area (Å²) in [5.74, 6) is 1.23. The van der Waals surface area contributed by atoms with Crippen molar-refractivity contribution in [2.75, 3.05) is 19.6 Å². The predicted octanol–water partition coefficient (Wildman–Crippen LogP) is 2.90. The lowest BCUT2D eigenvalue weighted by atomic mass is 9.96. The zero-order valence-corrected chi connectivity index (χ0v) is 17.3. The molecule has 6 nitrogen and oxygen atoms in total. The minimum absolute atomic E-state index is 0.0654. The first-order valence-electron chi connectivity index (χ1n) is 10.3. The van der Waals surface area contributed by atoms with E-state index in [1.54, 1.807) is 16.2 Å². The van der Waals surface area contributed by atoms with Gasteiger partial charge in [0.25, 0.3) is 5.56 Å². The Balaban J connectivity index is 1.48. The Labute approximate surface area is 169 Å². The van der Waals surface area contributed by atoms with Gasteiger partial charge in [-0.1, -0.05) is 13.0 Å². The second kappa shape index (κ2) is 8.57. The molecular weight excluding hydrogens is 372 g/mol. The van der Waals surface area contributed by atoms with Crippen molar-refractivity contribution in [3.05, 3.63) is 49.8 Å². The third-order valence-electron chi connectivity index (χ3n) is 5.76. The smallest absolute Gasteiger partial charge is 0.256 e. The fraction of sp³-hybridized carbons (Fsp3) is 0.571. The Kier molecular flexibility index (Phi) is 5.92. The number of hydrogen-bond donors (Lipinski definition) is 1. The van der Waals surface area contributed by atoms with Crippen molar-refractivity contribution < 1.29 is 4.79 Å². The van der Waals surface area contributed by atoms with Crippen molar-refractivity contribution in [1.29, 1.82) is 0 Å². The monoisotopic (exact) mass is 400 g/mol. The number of nitrogens with one attached hydrogen (secondary N) is 1. The van der Waals surface area contributed by atoms with Gasteiger partial charge in [0.15, 0.2) is 0 Å². The highest BCUT2D eigenvalue weighted by Gasteiger charge is 2.28. The summed E-state index contributed by atoms with van der Waals surface area (Å²) in [5, 5.41) is 2.12. The number of thiophene rings is 1. The van der Waals surface area contributed by atoms with E-state index in [1.165, 1.54) is 4.88 Å². The number of carbonyl (C=O) groups excluding carboxylic acids is 1. The molecule has 0 saturated carbocycles. The van der Waals surface area contributed by atoms with Gasteiger partial charge in [-0.05, 0) is 37.3 Å². The Hall–Kier alpha value is -1.99. The van der Waals surface area contributed by atoms with Gasteiger partial charge in [-0.15, -0.1) is 11.3 Å². The van der Waals surface area contributed by atoms with E-state index in [4.69, 9.17) is 4.98 Å². The molecule has 4 rings (SSSR count). The Morgan fingerprint density at radius 1 is 1.39 bits per heavy atom. The topological polar surface area (TPSA) is 69.3 Å². The highest BCUT2D eigenvalue weighted by Crippen LogP contribution is 2.27. The summed E-state index contributed by atoms with van der Waals surface area (Å²) in [7, 11) is 0. The van der Waals surface area contributed by atoms with Crippen LogP contribution in [0, 0.1) is 0 Å². The number of carbonyl (C=O) groups is 1. The van der Waals surface area contributed by atoms with Crippen molar-refractivity contribution in [3.8, 4) is 0 Å². The predicted molar refractivity (Wildman–Crippen MR) is 110 cm³/mol. The van der Waals surface area contributed by atoms with Crippen LogP contribution in [0.1, 0.15) is 60.5 Å². The van der Waals surface area contributed by atoms with Crippen LogP contribution in [0.4, 0.5) is 0 Å². The molecule has 0 aromatic carbocycles. The molecule has 150 valence electrons. The molecule has 1 N–H and O–H groups in total. The molecule has 4 heterocycles. The number of rotatable bonds is 5. The maximum Gasteiger partial charge on any atom is 0.256 e. The summed E-state index contributed by atoms with van der Waals surface area (Å²) in [5.41, 5.74) is 1.49. The normalized spacial score (nSPS) is 20.2. The molecule has 1 saturated heterocycles. The Morgan fingerprint density at radius 3 is 3.07 bits per heavy atom. The van der Waals surface area contributed by atoms with Crippen LogP contribution in [0.5, 0.6) is 0 Å². The molecular formula is C21H28N4O2S. The number of fused-ring (bicyclic) bond motifs is 1. The van der Waals surface area contributed by atoms with Gasteiger partial charge in [0.05, 0.1) is 17.8 Å². The zero-order chi connectivity index (χ0) is 19.5. The van der Waals surface area contributed by atoms with Gasteiger partial charge in [0.2, 0.25) is 5.91 Å². The van der Waals surface area contributed by atoms with Gasteiger partial charge < -0.3 is 9.88 Å². The van der Waals surface area contributed by atoms with E-state index in [9.17, 15) is 9.59 Å². The summed E-state index contributed by atoms with van der Waals surface area (Å²) in [6.07, 6.45) is 4.23. The number of H-pyrrole nitrogens is 1. The third kappa shape index (κ3) is 4.20. The lowest BCUT2D eigenvalue weighted by molar-refractivity contribution is -0.132. The van der Waals surface area contributed by atoms with E-state index >= 15 is 0 Å². The fourth-order valence-corrected chi connectivity index (χ4v) is 5.01. The molecule has 1 atom stereocenters. The highest BCUT2D eigenvalue weighted by atomic mass is 32.1. The Bertz CT molecular complexity index is 877. The van der Waals surface area contributed by atoms with E-state index in [1.807, 2.05) is 6.92 Å². The van der Waals surface area contributed by atoms with Gasteiger partial charge >= 0.3 is 0 Å². The SMILES string of the molecule is CCCC(=O)N1CCc2nc(C3CCCN(Cc4cccs4)C3)[nH]c(=O)c2C1. The van der Waals surface area contributed by atoms with Crippen LogP contribution in [0.2, 0.25) is 0 Å². The molecule has 2 aromatic rings. The average molecular weight is 401 g/mol. The lowest BCUT2D eigenvalue weighted by Gasteiger charge is -2.33. The van der Waals surface area contributed by atoms with E-state index < -0.39 is 0 Å². The maximum absolute atomic E-state index is 12.7. The molecule has 28 heavy (non-hydrogen) atoms. The van der Waals surface area contributed by atoms with Crippen molar-refractivity contribution in [2.24, 2.45) is 0 Å². The average Bonchev–Trinajstić information content (AvgIpc) is 3.21.